The second kappa shape index (κ2) is 4.19. The third-order valence-electron chi connectivity index (χ3n) is 1.65. The summed E-state index contributed by atoms with van der Waals surface area (Å²) in [5.74, 6) is -6.38. The van der Waals surface area contributed by atoms with Crippen LogP contribution >= 0.6 is 15.9 Å². The minimum atomic E-state index is -2.45. The van der Waals surface area contributed by atoms with Crippen molar-refractivity contribution in [3.05, 3.63) is 33.6 Å². The standard InChI is InChI=1S/C8H4BrF3O3/c9-2-1-3(10)6(12)4(5(2)11)7(13)8(14)15/h1,7,13H,(H,14,15). The van der Waals surface area contributed by atoms with Gasteiger partial charge in [0.25, 0.3) is 0 Å². The Balaban J connectivity index is 3.45. The van der Waals surface area contributed by atoms with Crippen molar-refractivity contribution >= 4 is 21.9 Å². The molecule has 0 amide bonds. The maximum atomic E-state index is 13.2. The number of hydrogen-bond acceptors (Lipinski definition) is 2. The third kappa shape index (κ3) is 2.13. The second-order valence-corrected chi connectivity index (χ2v) is 3.48. The summed E-state index contributed by atoms with van der Waals surface area (Å²) in [6, 6.07) is 0.503. The Morgan fingerprint density at radius 3 is 2.33 bits per heavy atom. The smallest absolute Gasteiger partial charge is 0.337 e. The van der Waals surface area contributed by atoms with Gasteiger partial charge in [0.1, 0.15) is 5.82 Å². The van der Waals surface area contributed by atoms with E-state index < -0.39 is 39.6 Å². The number of carboxylic acid groups (broad SMARTS) is 1. The average molecular weight is 285 g/mol. The molecular formula is C8H4BrF3O3. The summed E-state index contributed by atoms with van der Waals surface area (Å²) in [5.41, 5.74) is -1.23. The first kappa shape index (κ1) is 12.0. The minimum Gasteiger partial charge on any atom is -0.479 e. The van der Waals surface area contributed by atoms with Crippen LogP contribution in [0, 0.1) is 17.5 Å². The van der Waals surface area contributed by atoms with E-state index in [2.05, 4.69) is 15.9 Å². The summed E-state index contributed by atoms with van der Waals surface area (Å²) in [4.78, 5) is 10.3. The van der Waals surface area contributed by atoms with Gasteiger partial charge in [0, 0.05) is 0 Å². The van der Waals surface area contributed by atoms with E-state index in [0.717, 1.165) is 0 Å². The van der Waals surface area contributed by atoms with E-state index in [1.54, 1.807) is 0 Å². The van der Waals surface area contributed by atoms with Gasteiger partial charge >= 0.3 is 5.97 Å². The zero-order chi connectivity index (χ0) is 11.7. The van der Waals surface area contributed by atoms with Gasteiger partial charge in [-0.25, -0.2) is 18.0 Å². The van der Waals surface area contributed by atoms with Crippen LogP contribution < -0.4 is 0 Å². The molecule has 0 aromatic heterocycles. The Kier molecular flexibility index (Phi) is 3.35. The molecule has 1 atom stereocenters. The van der Waals surface area contributed by atoms with E-state index in [-0.39, 0.29) is 0 Å². The lowest BCUT2D eigenvalue weighted by molar-refractivity contribution is -0.147. The Morgan fingerprint density at radius 1 is 1.33 bits per heavy atom. The predicted octanol–water partition coefficient (Wildman–Crippen LogP) is 1.98. The van der Waals surface area contributed by atoms with Crippen LogP contribution in [0.5, 0.6) is 0 Å². The molecule has 2 N–H and O–H groups in total. The van der Waals surface area contributed by atoms with E-state index in [1.165, 1.54) is 0 Å². The molecule has 3 nitrogen and oxygen atoms in total. The summed E-state index contributed by atoms with van der Waals surface area (Å²) < 4.78 is 38.5. The Bertz CT molecular complexity index is 396. The van der Waals surface area contributed by atoms with Gasteiger partial charge in [-0.2, -0.15) is 0 Å². The number of hydrogen-bond donors (Lipinski definition) is 2. The fourth-order valence-corrected chi connectivity index (χ4v) is 1.37. The molecule has 82 valence electrons. The molecule has 7 heteroatoms. The van der Waals surface area contributed by atoms with Crippen molar-refractivity contribution in [2.45, 2.75) is 6.10 Å². The fourth-order valence-electron chi connectivity index (χ4n) is 0.955. The Hall–Kier alpha value is -1.08. The second-order valence-electron chi connectivity index (χ2n) is 2.62. The van der Waals surface area contributed by atoms with Crippen LogP contribution in [-0.2, 0) is 4.79 Å². The van der Waals surface area contributed by atoms with Crippen molar-refractivity contribution in [1.29, 1.82) is 0 Å². The molecule has 0 aliphatic heterocycles. The first-order chi connectivity index (χ1) is 6.86. The summed E-state index contributed by atoms with van der Waals surface area (Å²) in [6.07, 6.45) is -2.45. The SMILES string of the molecule is O=C(O)C(O)c1c(F)c(F)cc(Br)c1F. The summed E-state index contributed by atoms with van der Waals surface area (Å²) in [7, 11) is 0. The fraction of sp³-hybridized carbons (Fsp3) is 0.125. The van der Waals surface area contributed by atoms with E-state index >= 15 is 0 Å². The highest BCUT2D eigenvalue weighted by Gasteiger charge is 2.28. The summed E-state index contributed by atoms with van der Waals surface area (Å²) in [5, 5.41) is 17.3. The van der Waals surface area contributed by atoms with Gasteiger partial charge < -0.3 is 10.2 Å². The first-order valence-electron chi connectivity index (χ1n) is 3.60. The molecule has 0 saturated heterocycles. The molecule has 0 bridgehead atoms. The highest BCUT2D eigenvalue weighted by Crippen LogP contribution is 2.28. The molecule has 1 rings (SSSR count). The lowest BCUT2D eigenvalue weighted by Crippen LogP contribution is -2.15. The summed E-state index contributed by atoms with van der Waals surface area (Å²) >= 11 is 2.56. The molecule has 15 heavy (non-hydrogen) atoms. The van der Waals surface area contributed by atoms with Gasteiger partial charge in [-0.1, -0.05) is 0 Å². The Labute approximate surface area is 90.3 Å². The average Bonchev–Trinajstić information content (AvgIpc) is 2.15. The van der Waals surface area contributed by atoms with Crippen LogP contribution in [0.3, 0.4) is 0 Å². The van der Waals surface area contributed by atoms with Crippen LogP contribution in [0.1, 0.15) is 11.7 Å². The molecule has 1 aromatic rings. The molecule has 0 fully saturated rings. The van der Waals surface area contributed by atoms with Crippen LogP contribution in [0.15, 0.2) is 10.5 Å². The quantitative estimate of drug-likeness (QED) is 0.817. The number of carboxylic acids is 1. The highest BCUT2D eigenvalue weighted by molar-refractivity contribution is 9.10. The lowest BCUT2D eigenvalue weighted by atomic mass is 10.1. The number of aliphatic carboxylic acids is 1. The third-order valence-corrected chi connectivity index (χ3v) is 2.23. The van der Waals surface area contributed by atoms with Gasteiger partial charge in [0.05, 0.1) is 10.0 Å². The molecular weight excluding hydrogens is 281 g/mol. The molecule has 0 saturated carbocycles. The molecule has 0 radical (unpaired) electrons. The maximum Gasteiger partial charge on any atom is 0.337 e. The zero-order valence-corrected chi connectivity index (χ0v) is 8.56. The molecule has 0 aliphatic rings. The van der Waals surface area contributed by atoms with E-state index in [4.69, 9.17) is 10.2 Å². The predicted molar refractivity (Wildman–Crippen MR) is 46.6 cm³/mol. The van der Waals surface area contributed by atoms with Crippen LogP contribution in [-0.4, -0.2) is 16.2 Å². The minimum absolute atomic E-state index is 0.461. The highest BCUT2D eigenvalue weighted by atomic mass is 79.9. The van der Waals surface area contributed by atoms with Crippen molar-refractivity contribution in [3.8, 4) is 0 Å². The summed E-state index contributed by atoms with van der Waals surface area (Å²) in [6.45, 7) is 0. The number of aliphatic hydroxyl groups excluding tert-OH is 1. The van der Waals surface area contributed by atoms with Crippen LogP contribution in [0.2, 0.25) is 0 Å². The van der Waals surface area contributed by atoms with E-state index in [0.29, 0.717) is 6.07 Å². The van der Waals surface area contributed by atoms with E-state index in [1.807, 2.05) is 0 Å². The van der Waals surface area contributed by atoms with E-state index in [9.17, 15) is 18.0 Å². The number of benzene rings is 1. The molecule has 1 aromatic carbocycles. The number of halogens is 4. The molecule has 0 spiro atoms. The van der Waals surface area contributed by atoms with Crippen molar-refractivity contribution in [2.75, 3.05) is 0 Å². The number of rotatable bonds is 2. The van der Waals surface area contributed by atoms with Crippen molar-refractivity contribution in [3.63, 3.8) is 0 Å². The number of aliphatic hydroxyl groups is 1. The van der Waals surface area contributed by atoms with Crippen LogP contribution in [0.25, 0.3) is 0 Å². The Morgan fingerprint density at radius 2 is 1.87 bits per heavy atom. The maximum absolute atomic E-state index is 13.2. The van der Waals surface area contributed by atoms with Gasteiger partial charge in [0.15, 0.2) is 17.7 Å². The van der Waals surface area contributed by atoms with Crippen LogP contribution in [0.4, 0.5) is 13.2 Å². The molecule has 0 aliphatic carbocycles. The zero-order valence-electron chi connectivity index (χ0n) is 6.97. The van der Waals surface area contributed by atoms with Crippen molar-refractivity contribution in [2.24, 2.45) is 0 Å². The largest absolute Gasteiger partial charge is 0.479 e. The van der Waals surface area contributed by atoms with Crippen molar-refractivity contribution in [1.82, 2.24) is 0 Å². The number of carbonyl (C=O) groups is 1. The first-order valence-corrected chi connectivity index (χ1v) is 4.39. The molecule has 1 unspecified atom stereocenters. The van der Waals surface area contributed by atoms with Gasteiger partial charge in [0.2, 0.25) is 0 Å². The normalized spacial score (nSPS) is 12.6. The van der Waals surface area contributed by atoms with Gasteiger partial charge in [-0.15, -0.1) is 0 Å². The topological polar surface area (TPSA) is 57.5 Å². The van der Waals surface area contributed by atoms with Gasteiger partial charge in [-0.05, 0) is 22.0 Å². The van der Waals surface area contributed by atoms with Crippen molar-refractivity contribution < 1.29 is 28.2 Å². The monoisotopic (exact) mass is 284 g/mol. The lowest BCUT2D eigenvalue weighted by Gasteiger charge is -2.10. The van der Waals surface area contributed by atoms with Gasteiger partial charge in [-0.3, -0.25) is 0 Å². The molecule has 0 heterocycles.